The minimum absolute atomic E-state index is 0.323. The van der Waals surface area contributed by atoms with Gasteiger partial charge in [0.2, 0.25) is 0 Å². The van der Waals surface area contributed by atoms with Crippen molar-refractivity contribution in [2.24, 2.45) is 0 Å². The van der Waals surface area contributed by atoms with E-state index in [1.807, 2.05) is 0 Å². The van der Waals surface area contributed by atoms with E-state index in [0.717, 1.165) is 6.08 Å². The minimum Gasteiger partial charge on any atom is -0.478 e. The molecule has 0 saturated carbocycles. The van der Waals surface area contributed by atoms with Crippen molar-refractivity contribution >= 4 is 5.97 Å². The molecule has 0 aromatic heterocycles. The Morgan fingerprint density at radius 1 is 1.36 bits per heavy atom. The summed E-state index contributed by atoms with van der Waals surface area (Å²) in [7, 11) is 0. The summed E-state index contributed by atoms with van der Waals surface area (Å²) in [5.74, 6) is 3.81. The molecule has 1 aromatic carbocycles. The molecule has 1 N–H and O–H groups in total. The molecule has 0 atom stereocenters. The second-order valence-corrected chi connectivity index (χ2v) is 2.45. The zero-order valence-corrected chi connectivity index (χ0v) is 7.20. The van der Waals surface area contributed by atoms with E-state index in [2.05, 4.69) is 11.8 Å². The van der Waals surface area contributed by atoms with Gasteiger partial charge in [0, 0.05) is 11.6 Å². The fourth-order valence-corrected chi connectivity index (χ4v) is 0.771. The molecule has 1 aromatic rings. The van der Waals surface area contributed by atoms with Crippen LogP contribution in [0.2, 0.25) is 0 Å². The summed E-state index contributed by atoms with van der Waals surface area (Å²) in [6, 6.07) is 5.64. The minimum atomic E-state index is -1.04. The molecule has 0 heterocycles. The molecule has 0 bridgehead atoms. The highest BCUT2D eigenvalue weighted by molar-refractivity contribution is 5.80. The van der Waals surface area contributed by atoms with Crippen LogP contribution in [-0.4, -0.2) is 11.1 Å². The lowest BCUT2D eigenvalue weighted by molar-refractivity contribution is -0.131. The molecule has 0 amide bonds. The maximum absolute atomic E-state index is 12.4. The van der Waals surface area contributed by atoms with Crippen molar-refractivity contribution in [1.82, 2.24) is 0 Å². The Bertz CT molecular complexity index is 407. The Hall–Kier alpha value is -2.08. The van der Waals surface area contributed by atoms with Crippen molar-refractivity contribution in [3.8, 4) is 11.8 Å². The molecule has 0 aliphatic heterocycles. The van der Waals surface area contributed by atoms with Gasteiger partial charge < -0.3 is 5.11 Å². The number of halogens is 1. The van der Waals surface area contributed by atoms with Crippen molar-refractivity contribution in [2.45, 2.75) is 0 Å². The van der Waals surface area contributed by atoms with Gasteiger partial charge in [0.25, 0.3) is 0 Å². The first-order chi connectivity index (χ1) is 6.68. The SMILES string of the molecule is O=C(O)/C=C/C#Cc1ccc(F)cc1. The van der Waals surface area contributed by atoms with E-state index in [9.17, 15) is 9.18 Å². The quantitative estimate of drug-likeness (QED) is 0.541. The number of rotatable bonds is 1. The predicted molar refractivity (Wildman–Crippen MR) is 50.1 cm³/mol. The Morgan fingerprint density at radius 3 is 2.57 bits per heavy atom. The van der Waals surface area contributed by atoms with Gasteiger partial charge in [-0.3, -0.25) is 0 Å². The lowest BCUT2D eigenvalue weighted by atomic mass is 10.2. The third kappa shape index (κ3) is 3.55. The van der Waals surface area contributed by atoms with Crippen molar-refractivity contribution in [3.05, 3.63) is 47.8 Å². The van der Waals surface area contributed by atoms with Crippen LogP contribution < -0.4 is 0 Å². The average molecular weight is 190 g/mol. The molecule has 1 rings (SSSR count). The molecule has 0 radical (unpaired) electrons. The Morgan fingerprint density at radius 2 is 2.00 bits per heavy atom. The number of aliphatic carboxylic acids is 1. The number of carboxylic acids is 1. The maximum Gasteiger partial charge on any atom is 0.328 e. The Kier molecular flexibility index (Phi) is 3.45. The van der Waals surface area contributed by atoms with Gasteiger partial charge in [-0.15, -0.1) is 0 Å². The summed E-state index contributed by atoms with van der Waals surface area (Å²) in [4.78, 5) is 10.1. The molecule has 2 nitrogen and oxygen atoms in total. The first kappa shape index (κ1) is 10.0. The van der Waals surface area contributed by atoms with Crippen LogP contribution in [0, 0.1) is 17.7 Å². The van der Waals surface area contributed by atoms with Gasteiger partial charge >= 0.3 is 5.97 Å². The monoisotopic (exact) mass is 190 g/mol. The second-order valence-electron chi connectivity index (χ2n) is 2.45. The summed E-state index contributed by atoms with van der Waals surface area (Å²) in [6.07, 6.45) is 2.17. The molecule has 0 fully saturated rings. The average Bonchev–Trinajstić information content (AvgIpc) is 2.15. The van der Waals surface area contributed by atoms with Crippen LogP contribution in [0.25, 0.3) is 0 Å². The first-order valence-electron chi connectivity index (χ1n) is 3.85. The van der Waals surface area contributed by atoms with Crippen LogP contribution in [0.15, 0.2) is 36.4 Å². The highest BCUT2D eigenvalue weighted by atomic mass is 19.1. The molecular formula is C11H7FO2. The zero-order valence-electron chi connectivity index (χ0n) is 7.20. The summed E-state index contributed by atoms with van der Waals surface area (Å²) >= 11 is 0. The molecule has 0 aliphatic carbocycles. The molecule has 0 aliphatic rings. The van der Waals surface area contributed by atoms with E-state index in [1.165, 1.54) is 30.3 Å². The van der Waals surface area contributed by atoms with Gasteiger partial charge in [0.05, 0.1) is 0 Å². The lowest BCUT2D eigenvalue weighted by Crippen LogP contribution is -1.84. The molecule has 0 saturated heterocycles. The molecule has 14 heavy (non-hydrogen) atoms. The van der Waals surface area contributed by atoms with E-state index in [0.29, 0.717) is 5.56 Å². The van der Waals surface area contributed by atoms with E-state index >= 15 is 0 Å². The second kappa shape index (κ2) is 4.83. The smallest absolute Gasteiger partial charge is 0.328 e. The Balaban J connectivity index is 2.68. The van der Waals surface area contributed by atoms with Gasteiger partial charge in [-0.05, 0) is 30.3 Å². The largest absolute Gasteiger partial charge is 0.478 e. The van der Waals surface area contributed by atoms with Crippen LogP contribution >= 0.6 is 0 Å². The summed E-state index contributed by atoms with van der Waals surface area (Å²) in [5, 5.41) is 8.24. The summed E-state index contributed by atoms with van der Waals surface area (Å²) in [6.45, 7) is 0. The number of allylic oxidation sites excluding steroid dienone is 1. The van der Waals surface area contributed by atoms with E-state index in [1.54, 1.807) is 0 Å². The van der Waals surface area contributed by atoms with Crippen molar-refractivity contribution in [1.29, 1.82) is 0 Å². The third-order valence-corrected chi connectivity index (χ3v) is 1.37. The van der Waals surface area contributed by atoms with Crippen LogP contribution in [0.5, 0.6) is 0 Å². The highest BCUT2D eigenvalue weighted by Gasteiger charge is 1.87. The molecule has 0 spiro atoms. The van der Waals surface area contributed by atoms with Crippen molar-refractivity contribution in [2.75, 3.05) is 0 Å². The van der Waals surface area contributed by atoms with Crippen molar-refractivity contribution in [3.63, 3.8) is 0 Å². The highest BCUT2D eigenvalue weighted by Crippen LogP contribution is 2.00. The van der Waals surface area contributed by atoms with Crippen LogP contribution in [-0.2, 0) is 4.79 Å². The van der Waals surface area contributed by atoms with Gasteiger partial charge in [-0.1, -0.05) is 11.8 Å². The summed E-state index contributed by atoms with van der Waals surface area (Å²) in [5.41, 5.74) is 0.640. The van der Waals surface area contributed by atoms with E-state index in [4.69, 9.17) is 5.11 Å². The number of benzene rings is 1. The van der Waals surface area contributed by atoms with E-state index in [-0.39, 0.29) is 5.82 Å². The third-order valence-electron chi connectivity index (χ3n) is 1.37. The first-order valence-corrected chi connectivity index (χ1v) is 3.85. The van der Waals surface area contributed by atoms with E-state index < -0.39 is 5.97 Å². The lowest BCUT2D eigenvalue weighted by Gasteiger charge is -1.87. The van der Waals surface area contributed by atoms with Gasteiger partial charge in [0.1, 0.15) is 5.82 Å². The molecule has 3 heteroatoms. The van der Waals surface area contributed by atoms with Crippen LogP contribution in [0.3, 0.4) is 0 Å². The number of carbonyl (C=O) groups is 1. The standard InChI is InChI=1S/C11H7FO2/c12-10-7-5-9(6-8-10)3-1-2-4-11(13)14/h2,4-8H,(H,13,14)/b4-2+. The molecule has 0 unspecified atom stereocenters. The maximum atomic E-state index is 12.4. The van der Waals surface area contributed by atoms with Gasteiger partial charge in [-0.2, -0.15) is 0 Å². The number of hydrogen-bond donors (Lipinski definition) is 1. The fourth-order valence-electron chi connectivity index (χ4n) is 0.771. The van der Waals surface area contributed by atoms with Crippen molar-refractivity contribution < 1.29 is 14.3 Å². The molecular weight excluding hydrogens is 183 g/mol. The predicted octanol–water partition coefficient (Wildman–Crippen LogP) is 1.82. The van der Waals surface area contributed by atoms with Gasteiger partial charge in [0.15, 0.2) is 0 Å². The Labute approximate surface area is 80.7 Å². The topological polar surface area (TPSA) is 37.3 Å². The molecule has 70 valence electrons. The van der Waals surface area contributed by atoms with Crippen LogP contribution in [0.1, 0.15) is 5.56 Å². The van der Waals surface area contributed by atoms with Gasteiger partial charge in [-0.25, -0.2) is 9.18 Å². The fraction of sp³-hybridized carbons (Fsp3) is 0. The normalized spacial score (nSPS) is 9.50. The number of carboxylic acid groups (broad SMARTS) is 1. The number of hydrogen-bond acceptors (Lipinski definition) is 1. The zero-order chi connectivity index (χ0) is 10.4. The van der Waals surface area contributed by atoms with Crippen LogP contribution in [0.4, 0.5) is 4.39 Å². The summed E-state index contributed by atoms with van der Waals surface area (Å²) < 4.78 is 12.4.